The molecule has 0 radical (unpaired) electrons. The van der Waals surface area contributed by atoms with Gasteiger partial charge in [0.1, 0.15) is 0 Å². The molecule has 0 fully saturated rings. The Morgan fingerprint density at radius 2 is 2.00 bits per heavy atom. The molecule has 0 saturated carbocycles. The maximum Gasteiger partial charge on any atom is 0.0819 e. The third-order valence-electron chi connectivity index (χ3n) is 3.17. The second-order valence-corrected chi connectivity index (χ2v) is 5.51. The minimum absolute atomic E-state index is 0.658. The molecule has 0 N–H and O–H groups in total. The Balaban J connectivity index is 2.42. The van der Waals surface area contributed by atoms with Crippen LogP contribution >= 0.6 is 11.8 Å². The van der Waals surface area contributed by atoms with Crippen LogP contribution in [-0.2, 0) is 4.74 Å². The summed E-state index contributed by atoms with van der Waals surface area (Å²) < 4.78 is 5.17. The van der Waals surface area contributed by atoms with Gasteiger partial charge in [0.05, 0.1) is 13.4 Å². The van der Waals surface area contributed by atoms with Gasteiger partial charge >= 0.3 is 0 Å². The zero-order valence-corrected chi connectivity index (χ0v) is 12.5. The quantitative estimate of drug-likeness (QED) is 0.475. The van der Waals surface area contributed by atoms with Crippen molar-refractivity contribution in [2.45, 2.75) is 38.0 Å². The van der Waals surface area contributed by atoms with Crippen LogP contribution in [0.2, 0.25) is 0 Å². The summed E-state index contributed by atoms with van der Waals surface area (Å²) >= 11 is 1.94. The molecule has 100 valence electrons. The molecule has 1 nitrogen and oxygen atoms in total. The lowest BCUT2D eigenvalue weighted by atomic mass is 9.93. The molecule has 0 aliphatic rings. The molecule has 0 aliphatic heterocycles. The maximum absolute atomic E-state index is 5.17. The number of benzene rings is 1. The Bertz CT molecular complexity index is 345. The van der Waals surface area contributed by atoms with Crippen LogP contribution in [0.5, 0.6) is 0 Å². The highest BCUT2D eigenvalue weighted by Gasteiger charge is 2.11. The van der Waals surface area contributed by atoms with Gasteiger partial charge in [-0.2, -0.15) is 0 Å². The van der Waals surface area contributed by atoms with Crippen molar-refractivity contribution in [1.82, 2.24) is 0 Å². The van der Waals surface area contributed by atoms with Gasteiger partial charge in [0.15, 0.2) is 0 Å². The average molecular weight is 264 g/mol. The van der Waals surface area contributed by atoms with E-state index in [9.17, 15) is 0 Å². The summed E-state index contributed by atoms with van der Waals surface area (Å²) in [7, 11) is 1.74. The van der Waals surface area contributed by atoms with Gasteiger partial charge in [0.25, 0.3) is 0 Å². The van der Waals surface area contributed by atoms with Crippen molar-refractivity contribution in [3.05, 3.63) is 42.2 Å². The summed E-state index contributed by atoms with van der Waals surface area (Å²) in [6.45, 7) is 4.47. The van der Waals surface area contributed by atoms with Crippen LogP contribution in [0.1, 0.15) is 33.1 Å². The van der Waals surface area contributed by atoms with Gasteiger partial charge < -0.3 is 4.74 Å². The highest BCUT2D eigenvalue weighted by Crippen LogP contribution is 2.26. The van der Waals surface area contributed by atoms with E-state index in [4.69, 9.17) is 4.74 Å². The van der Waals surface area contributed by atoms with Crippen LogP contribution in [0.15, 0.2) is 47.1 Å². The van der Waals surface area contributed by atoms with E-state index in [1.54, 1.807) is 7.11 Å². The van der Waals surface area contributed by atoms with Crippen LogP contribution in [0, 0.1) is 5.92 Å². The first-order valence-electron chi connectivity index (χ1n) is 6.71. The Hall–Kier alpha value is -0.890. The van der Waals surface area contributed by atoms with Crippen molar-refractivity contribution in [1.29, 1.82) is 0 Å². The third-order valence-corrected chi connectivity index (χ3v) is 4.22. The monoisotopic (exact) mass is 264 g/mol. The van der Waals surface area contributed by atoms with Crippen molar-refractivity contribution in [3.63, 3.8) is 0 Å². The van der Waals surface area contributed by atoms with Crippen LogP contribution in [-0.4, -0.2) is 12.9 Å². The predicted octanol–water partition coefficient (Wildman–Crippen LogP) is 5.14. The second-order valence-electron chi connectivity index (χ2n) is 4.34. The molecule has 1 rings (SSSR count). The molecule has 0 amide bonds. The number of methoxy groups -OCH3 is 1. The molecular weight excluding hydrogens is 240 g/mol. The number of hydrogen-bond acceptors (Lipinski definition) is 2. The van der Waals surface area contributed by atoms with Crippen LogP contribution in [0.25, 0.3) is 0 Å². The second kappa shape index (κ2) is 9.09. The van der Waals surface area contributed by atoms with Crippen molar-refractivity contribution in [2.75, 3.05) is 12.9 Å². The molecule has 1 unspecified atom stereocenters. The molecule has 1 aromatic carbocycles. The Kier molecular flexibility index (Phi) is 7.66. The number of thioether (sulfide) groups is 1. The predicted molar refractivity (Wildman–Crippen MR) is 80.9 cm³/mol. The maximum atomic E-state index is 5.17. The fraction of sp³-hybridized carbons (Fsp3) is 0.500. The topological polar surface area (TPSA) is 9.23 Å². The van der Waals surface area contributed by atoms with Crippen molar-refractivity contribution in [3.8, 4) is 0 Å². The molecule has 0 aliphatic carbocycles. The minimum Gasteiger partial charge on any atom is -0.504 e. The standard InChI is InChI=1S/C16H24OS/c1-4-14(15(5-2)13-17-3)11-12-18-16-9-7-6-8-10-16/h6-10,13-14H,4-5,11-12H2,1-3H3/b15-13-. The zero-order chi connectivity index (χ0) is 13.2. The number of allylic oxidation sites excluding steroid dienone is 1. The zero-order valence-electron chi connectivity index (χ0n) is 11.7. The largest absolute Gasteiger partial charge is 0.504 e. The summed E-state index contributed by atoms with van der Waals surface area (Å²) in [6.07, 6.45) is 5.43. The molecule has 0 heterocycles. The molecule has 0 spiro atoms. The fourth-order valence-corrected chi connectivity index (χ4v) is 3.09. The summed E-state index contributed by atoms with van der Waals surface area (Å²) in [5.74, 6) is 1.83. The number of rotatable bonds is 8. The molecule has 18 heavy (non-hydrogen) atoms. The Morgan fingerprint density at radius 3 is 2.56 bits per heavy atom. The van der Waals surface area contributed by atoms with Crippen LogP contribution in [0.3, 0.4) is 0 Å². The highest BCUT2D eigenvalue weighted by atomic mass is 32.2. The Morgan fingerprint density at radius 1 is 1.28 bits per heavy atom. The SMILES string of the molecule is CC/C(=C/OC)C(CC)CCSc1ccccc1. The molecule has 0 bridgehead atoms. The molecule has 1 atom stereocenters. The van der Waals surface area contributed by atoms with Gasteiger partial charge in [-0.25, -0.2) is 0 Å². The summed E-state index contributed by atoms with van der Waals surface area (Å²) in [6, 6.07) is 10.6. The van der Waals surface area contributed by atoms with E-state index in [-0.39, 0.29) is 0 Å². The third kappa shape index (κ3) is 5.18. The Labute approximate surface area is 116 Å². The molecule has 1 aromatic rings. The first-order valence-corrected chi connectivity index (χ1v) is 7.69. The molecular formula is C16H24OS. The molecule has 0 saturated heterocycles. The van der Waals surface area contributed by atoms with Crippen molar-refractivity contribution < 1.29 is 4.74 Å². The first kappa shape index (κ1) is 15.2. The van der Waals surface area contributed by atoms with E-state index in [0.717, 1.165) is 6.42 Å². The number of hydrogen-bond donors (Lipinski definition) is 0. The lowest BCUT2D eigenvalue weighted by Gasteiger charge is -2.17. The van der Waals surface area contributed by atoms with Gasteiger partial charge in [-0.05, 0) is 48.6 Å². The average Bonchev–Trinajstić information content (AvgIpc) is 2.43. The van der Waals surface area contributed by atoms with Gasteiger partial charge in [-0.1, -0.05) is 32.0 Å². The molecule has 0 aromatic heterocycles. The highest BCUT2D eigenvalue weighted by molar-refractivity contribution is 7.99. The van der Waals surface area contributed by atoms with E-state index in [1.807, 2.05) is 18.0 Å². The summed E-state index contributed by atoms with van der Waals surface area (Å²) in [5.41, 5.74) is 1.44. The van der Waals surface area contributed by atoms with E-state index in [0.29, 0.717) is 5.92 Å². The van der Waals surface area contributed by atoms with Gasteiger partial charge in [0.2, 0.25) is 0 Å². The molecule has 2 heteroatoms. The summed E-state index contributed by atoms with van der Waals surface area (Å²) in [5, 5.41) is 0. The van der Waals surface area contributed by atoms with Gasteiger partial charge in [-0.3, -0.25) is 0 Å². The smallest absolute Gasteiger partial charge is 0.0819 e. The van der Waals surface area contributed by atoms with E-state index in [1.165, 1.54) is 29.1 Å². The fourth-order valence-electron chi connectivity index (χ4n) is 2.11. The van der Waals surface area contributed by atoms with Crippen molar-refractivity contribution in [2.24, 2.45) is 5.92 Å². The van der Waals surface area contributed by atoms with Crippen LogP contribution in [0.4, 0.5) is 0 Å². The lowest BCUT2D eigenvalue weighted by Crippen LogP contribution is -2.04. The van der Waals surface area contributed by atoms with Gasteiger partial charge in [-0.15, -0.1) is 11.8 Å². The van der Waals surface area contributed by atoms with E-state index < -0.39 is 0 Å². The van der Waals surface area contributed by atoms with Gasteiger partial charge in [0, 0.05) is 4.90 Å². The summed E-state index contributed by atoms with van der Waals surface area (Å²) in [4.78, 5) is 1.36. The first-order chi connectivity index (χ1) is 8.81. The van der Waals surface area contributed by atoms with Crippen molar-refractivity contribution >= 4 is 11.8 Å². The normalized spacial score (nSPS) is 13.4. The lowest BCUT2D eigenvalue weighted by molar-refractivity contribution is 0.325. The van der Waals surface area contributed by atoms with E-state index in [2.05, 4.69) is 44.2 Å². The number of ether oxygens (including phenoxy) is 1. The van der Waals surface area contributed by atoms with Crippen LogP contribution < -0.4 is 0 Å². The van der Waals surface area contributed by atoms with E-state index >= 15 is 0 Å². The minimum atomic E-state index is 0.658.